The number of aldehydes is 1. The minimum Gasteiger partial charge on any atom is -0.508 e. The molecule has 0 aromatic heterocycles. The molecule has 110 heavy (non-hydrogen) atoms. The lowest BCUT2D eigenvalue weighted by atomic mass is 10.1. The van der Waals surface area contributed by atoms with Gasteiger partial charge in [0.1, 0.15) is 35.0 Å². The van der Waals surface area contributed by atoms with Crippen LogP contribution >= 0.6 is 54.2 Å². The number of carbonyl (C=O) groups is 5. The number of benzene rings is 8. The van der Waals surface area contributed by atoms with Crippen LogP contribution in [0.1, 0.15) is 68.4 Å². The first-order chi connectivity index (χ1) is 53.0. The topological polar surface area (TPSA) is 311 Å². The van der Waals surface area contributed by atoms with Gasteiger partial charge in [-0.3, -0.25) is 15.0 Å². The highest BCUT2D eigenvalue weighted by molar-refractivity contribution is 9.69. The minimum absolute atomic E-state index is 0.0361. The second-order valence-corrected chi connectivity index (χ2v) is 33.2. The number of rotatable bonds is 27. The molecule has 588 valence electrons. The van der Waals surface area contributed by atoms with Gasteiger partial charge in [0.05, 0.1) is 72.0 Å². The second-order valence-electron chi connectivity index (χ2n) is 23.6. The molecule has 23 nitrogen and oxygen atoms in total. The predicted octanol–water partition coefficient (Wildman–Crippen LogP) is 14.4. The molecule has 0 radical (unpaired) electrons. The van der Waals surface area contributed by atoms with Gasteiger partial charge in [0, 0.05) is 31.9 Å². The summed E-state index contributed by atoms with van der Waals surface area (Å²) in [7, 11) is 7.67. The molecule has 8 aromatic rings. The van der Waals surface area contributed by atoms with Gasteiger partial charge < -0.3 is 52.9 Å². The number of nitrogens with one attached hydrogen (secondary N) is 2. The van der Waals surface area contributed by atoms with E-state index in [1.807, 2.05) is 172 Å². The number of aromatic hydroxyl groups is 1. The highest BCUT2D eigenvalue weighted by atomic mass is 79.9. The second kappa shape index (κ2) is 54.6. The molecule has 0 amide bonds. The van der Waals surface area contributed by atoms with Crippen molar-refractivity contribution in [3.8, 4) is 28.7 Å². The van der Waals surface area contributed by atoms with Crippen molar-refractivity contribution in [1.82, 2.24) is 10.4 Å². The lowest BCUT2D eigenvalue weighted by Gasteiger charge is -2.28. The van der Waals surface area contributed by atoms with Gasteiger partial charge in [-0.05, 0) is 189 Å². The Kier molecular flexibility index (Phi) is 46.8. The molecular formula is C82H98BBr3N5O18P. The Labute approximate surface area is 669 Å². The van der Waals surface area contributed by atoms with Gasteiger partial charge >= 0.3 is 27.1 Å². The molecule has 2 aliphatic rings. The van der Waals surface area contributed by atoms with Crippen LogP contribution in [0.15, 0.2) is 230 Å². The van der Waals surface area contributed by atoms with E-state index >= 15 is 0 Å². The Hall–Kier alpha value is -9.92. The molecule has 4 atom stereocenters. The van der Waals surface area contributed by atoms with E-state index in [-0.39, 0.29) is 51.3 Å². The number of ether oxygens (including phenoxy) is 8. The fourth-order valence-electron chi connectivity index (χ4n) is 10.2. The maximum Gasteiger partial charge on any atom is 0.369 e. The number of halogens is 3. The van der Waals surface area contributed by atoms with Crippen LogP contribution in [0.25, 0.3) is 0 Å². The van der Waals surface area contributed by atoms with Gasteiger partial charge in [-0.2, -0.15) is 5.01 Å². The first-order valence-electron chi connectivity index (χ1n) is 35.1. The number of methoxy groups -OCH3 is 4. The first kappa shape index (κ1) is 94.3. The monoisotopic (exact) mass is 1720 g/mol. The lowest BCUT2D eigenvalue weighted by molar-refractivity contribution is -0.526. The van der Waals surface area contributed by atoms with E-state index in [1.165, 1.54) is 17.1 Å². The van der Waals surface area contributed by atoms with Crippen molar-refractivity contribution in [3.05, 3.63) is 267 Å². The Morgan fingerprint density at radius 3 is 1.22 bits per heavy atom. The van der Waals surface area contributed by atoms with E-state index in [0.717, 1.165) is 100 Å². The number of carbonyl (C=O) groups excluding carboxylic acids is 5. The van der Waals surface area contributed by atoms with Crippen LogP contribution in [-0.2, 0) is 75.0 Å². The quantitative estimate of drug-likeness (QED) is 0.00318. The molecule has 10 rings (SSSR count). The van der Waals surface area contributed by atoms with Crippen molar-refractivity contribution in [2.45, 2.75) is 72.6 Å². The van der Waals surface area contributed by atoms with Gasteiger partial charge in [-0.1, -0.05) is 163 Å². The van der Waals surface area contributed by atoms with Crippen molar-refractivity contribution in [1.29, 1.82) is 5.41 Å². The third-order valence-electron chi connectivity index (χ3n) is 15.9. The number of phenols is 1. The Morgan fingerprint density at radius 1 is 0.555 bits per heavy atom. The number of nitroso groups, excluding NO2 is 1. The maximum absolute atomic E-state index is 12.5. The fraction of sp³-hybridized carbons (Fsp3) is 0.305. The Morgan fingerprint density at radius 2 is 0.891 bits per heavy atom. The van der Waals surface area contributed by atoms with Crippen molar-refractivity contribution in [2.24, 2.45) is 29.0 Å². The summed E-state index contributed by atoms with van der Waals surface area (Å²) in [4.78, 5) is 75.7. The average Bonchev–Trinajstić information content (AvgIpc) is 0.819. The van der Waals surface area contributed by atoms with E-state index < -0.39 is 17.9 Å². The first-order valence-corrected chi connectivity index (χ1v) is 39.7. The van der Waals surface area contributed by atoms with Gasteiger partial charge in [0.2, 0.25) is 0 Å². The van der Waals surface area contributed by atoms with Crippen molar-refractivity contribution >= 4 is 115 Å². The molecule has 2 saturated carbocycles. The minimum atomic E-state index is -2.24. The Balaban J connectivity index is 0.000000337. The van der Waals surface area contributed by atoms with Gasteiger partial charge in [0.25, 0.3) is 5.96 Å². The van der Waals surface area contributed by atoms with E-state index in [9.17, 15) is 39.0 Å². The summed E-state index contributed by atoms with van der Waals surface area (Å²) < 4.78 is 40.4. The van der Waals surface area contributed by atoms with Gasteiger partial charge in [0.15, 0.2) is 5.03 Å². The zero-order chi connectivity index (χ0) is 81.1. The number of hydrazine groups is 1. The van der Waals surface area contributed by atoms with E-state index in [4.69, 9.17) is 53.5 Å². The summed E-state index contributed by atoms with van der Waals surface area (Å²) in [5.74, 6) is 5.20. The number of aliphatic hydroxyl groups is 1. The van der Waals surface area contributed by atoms with Crippen LogP contribution < -0.4 is 40.3 Å². The molecule has 4 N–H and O–H groups in total. The molecular weight excluding hydrogens is 1620 g/mol. The molecule has 0 spiro atoms. The number of nitro groups is 1. The molecule has 0 saturated heterocycles. The van der Waals surface area contributed by atoms with Crippen LogP contribution in [0.4, 0.5) is 0 Å². The Bertz CT molecular complexity index is 3960. The van der Waals surface area contributed by atoms with Crippen molar-refractivity contribution in [3.63, 3.8) is 0 Å². The number of esters is 4. The molecule has 8 aromatic carbocycles. The number of allylic oxidation sites excluding steroid dienone is 1. The molecule has 2 fully saturated rings. The SMILES string of the molecule is BrB(Br)Br.CCOC(=O)/C=C/Cc1ccc(OC)cc1.CCOC(=O)C1CC1Cc1ccc(O)cc1.CCOC(=O)C1CC1Cc1ccc(OC)cc1.CCOC(=O)C=P(c1ccccc1)(c1ccccc1)c1ccccc1.CN(N=O)C(=N)N[N+](=O)[O-].COc1ccc(CC=O)cc1.COc1ccc(CCO)cc1. The van der Waals surface area contributed by atoms with Crippen LogP contribution in [0.3, 0.4) is 0 Å². The van der Waals surface area contributed by atoms with Crippen molar-refractivity contribution in [2.75, 3.05) is 68.5 Å². The fourth-order valence-corrected chi connectivity index (χ4v) is 13.9. The molecule has 0 bridgehead atoms. The van der Waals surface area contributed by atoms with Crippen LogP contribution in [0, 0.1) is 44.1 Å². The van der Waals surface area contributed by atoms with Crippen LogP contribution in [-0.4, -0.2) is 134 Å². The summed E-state index contributed by atoms with van der Waals surface area (Å²) in [5.41, 5.74) is 7.12. The summed E-state index contributed by atoms with van der Waals surface area (Å²) in [5, 5.41) is 39.3. The molecule has 0 heterocycles. The third kappa shape index (κ3) is 37.5. The van der Waals surface area contributed by atoms with E-state index in [2.05, 4.69) is 101 Å². The lowest BCUT2D eigenvalue weighted by Crippen LogP contribution is -2.38. The van der Waals surface area contributed by atoms with Gasteiger partial charge in [-0.15, -0.1) is 52.2 Å². The summed E-state index contributed by atoms with van der Waals surface area (Å²) >= 11 is 9.31. The summed E-state index contributed by atoms with van der Waals surface area (Å²) in [6, 6.07) is 68.8. The number of aliphatic hydroxyl groups excluding tert-OH is 1. The van der Waals surface area contributed by atoms with Crippen LogP contribution in [0.5, 0.6) is 28.7 Å². The predicted molar refractivity (Wildman–Crippen MR) is 446 cm³/mol. The molecule has 28 heteroatoms. The molecule has 0 aliphatic heterocycles. The van der Waals surface area contributed by atoms with E-state index in [0.29, 0.717) is 62.5 Å². The largest absolute Gasteiger partial charge is 0.508 e. The highest BCUT2D eigenvalue weighted by Crippen LogP contribution is 2.45. The number of hydrogen-bond acceptors (Lipinski definition) is 20. The van der Waals surface area contributed by atoms with Crippen molar-refractivity contribution < 1.29 is 77.1 Å². The molecule has 2 aliphatic carbocycles. The summed E-state index contributed by atoms with van der Waals surface area (Å²) in [6.07, 6.45) is 9.77. The van der Waals surface area contributed by atoms with Gasteiger partial charge in [-0.25, -0.2) is 19.7 Å². The number of guanidine groups is 1. The summed E-state index contributed by atoms with van der Waals surface area (Å²) in [6.45, 7) is 6.97. The van der Waals surface area contributed by atoms with E-state index in [1.54, 1.807) is 59.4 Å². The standard InChI is InChI=1S/C22H21O2P.C14H18O3.2C13H16O3.C9H12O2.C9H10O2.C2H5N5O3.BBr3/c1-2-24-22(23)18-25(19-12-6-3-7-13-19,20-14-8-4-9-15-20)21-16-10-5-11-17-21;1-3-17-14(15)13-9-11(13)8-10-4-6-12(16-2)7-5-10;1-2-16-13(15)12-8-10(12)7-9-3-5-11(14)6-4-9;1-3-16-13(14)6-4-5-11-7-9-12(15-2)10-8-11;2*1-11-9-4-2-8(3-5-9)6-7-10;1-6(5-8)2(3)4-7(9)10;2-1(3)4/h3-18H,2H2,1H3;4-7,11,13H,3,8-9H2,1-2H3;3-6,10,12,14H,2,7-8H2,1H3;4,6-10H,3,5H2,1-2H3;2-5,10H,6-7H2,1H3;2-5,7H,6H2,1H3;1H3,(H2,3,4);/b;;;6-4+;;;;. The number of hydrogen-bond donors (Lipinski definition) is 4. The van der Waals surface area contributed by atoms with Crippen LogP contribution in [0.2, 0.25) is 0 Å². The number of nitrogens with zero attached hydrogens (tertiary/aromatic N) is 3. The number of phenolic OH excluding ortho intramolecular Hbond substituents is 1. The zero-order valence-electron chi connectivity index (χ0n) is 63.2. The maximum atomic E-state index is 12.5. The third-order valence-corrected chi connectivity index (χ3v) is 19.9. The highest BCUT2D eigenvalue weighted by Gasteiger charge is 2.44. The smallest absolute Gasteiger partial charge is 0.369 e. The normalized spacial score (nSPS) is 13.6. The average molecular weight is 1720 g/mol. The molecule has 4 unspecified atom stereocenters. The zero-order valence-corrected chi connectivity index (χ0v) is 68.9.